The van der Waals surface area contributed by atoms with Crippen LogP contribution < -0.4 is 20.5 Å². The van der Waals surface area contributed by atoms with E-state index in [1.54, 1.807) is 38.5 Å². The van der Waals surface area contributed by atoms with Crippen LogP contribution in [0.4, 0.5) is 15.8 Å². The van der Waals surface area contributed by atoms with Crippen molar-refractivity contribution in [3.8, 4) is 11.5 Å². The van der Waals surface area contributed by atoms with E-state index in [9.17, 15) is 4.39 Å². The largest absolute Gasteiger partial charge is 0.497 e. The standard InChI is InChI=1S/C15H15FN2O2S/c1-19-10-4-6-14(20-2)13(8-10)18-9-3-5-11(15(17)21)12(16)7-9/h3-8,18H,1-2H3,(H2,17,21). The van der Waals surface area contributed by atoms with Crippen molar-refractivity contribution >= 4 is 28.6 Å². The molecule has 0 spiro atoms. The lowest BCUT2D eigenvalue weighted by Crippen LogP contribution is -2.11. The molecule has 6 heteroatoms. The second kappa shape index (κ2) is 6.41. The number of hydrogen-bond donors (Lipinski definition) is 2. The lowest BCUT2D eigenvalue weighted by molar-refractivity contribution is 0.405. The zero-order valence-electron chi connectivity index (χ0n) is 11.6. The summed E-state index contributed by atoms with van der Waals surface area (Å²) < 4.78 is 24.3. The Bertz CT molecular complexity index is 677. The number of nitrogens with two attached hydrogens (primary N) is 1. The molecule has 110 valence electrons. The van der Waals surface area contributed by atoms with Gasteiger partial charge in [0.25, 0.3) is 0 Å². The molecule has 0 atom stereocenters. The Balaban J connectivity index is 2.33. The van der Waals surface area contributed by atoms with Crippen LogP contribution in [0.5, 0.6) is 11.5 Å². The molecule has 0 aliphatic heterocycles. The highest BCUT2D eigenvalue weighted by Crippen LogP contribution is 2.31. The average Bonchev–Trinajstić information content (AvgIpc) is 2.46. The molecule has 0 aromatic heterocycles. The molecular weight excluding hydrogens is 291 g/mol. The topological polar surface area (TPSA) is 56.5 Å². The second-order valence-corrected chi connectivity index (χ2v) is 4.69. The van der Waals surface area contributed by atoms with Gasteiger partial charge in [0.2, 0.25) is 0 Å². The zero-order valence-corrected chi connectivity index (χ0v) is 12.5. The lowest BCUT2D eigenvalue weighted by Gasteiger charge is -2.13. The number of ether oxygens (including phenoxy) is 2. The summed E-state index contributed by atoms with van der Waals surface area (Å²) in [4.78, 5) is 0.0259. The molecule has 2 rings (SSSR count). The fraction of sp³-hybridized carbons (Fsp3) is 0.133. The van der Waals surface area contributed by atoms with E-state index < -0.39 is 5.82 Å². The summed E-state index contributed by atoms with van der Waals surface area (Å²) >= 11 is 4.78. The highest BCUT2D eigenvalue weighted by molar-refractivity contribution is 7.80. The number of benzene rings is 2. The summed E-state index contributed by atoms with van der Waals surface area (Å²) in [5.74, 6) is 0.808. The van der Waals surface area contributed by atoms with Crippen LogP contribution in [-0.2, 0) is 0 Å². The summed E-state index contributed by atoms with van der Waals surface area (Å²) in [6.07, 6.45) is 0. The Hall–Kier alpha value is -2.34. The molecule has 0 fully saturated rings. The van der Waals surface area contributed by atoms with Gasteiger partial charge in [-0.25, -0.2) is 4.39 Å². The lowest BCUT2D eigenvalue weighted by atomic mass is 10.2. The van der Waals surface area contributed by atoms with Gasteiger partial charge in [-0.05, 0) is 30.3 Å². The summed E-state index contributed by atoms with van der Waals surface area (Å²) in [5, 5.41) is 3.08. The Morgan fingerprint density at radius 2 is 1.90 bits per heavy atom. The average molecular weight is 306 g/mol. The number of nitrogens with one attached hydrogen (secondary N) is 1. The quantitative estimate of drug-likeness (QED) is 0.831. The Kier molecular flexibility index (Phi) is 4.59. The molecule has 0 saturated heterocycles. The van der Waals surface area contributed by atoms with E-state index in [0.29, 0.717) is 22.9 Å². The highest BCUT2D eigenvalue weighted by Gasteiger charge is 2.09. The molecule has 21 heavy (non-hydrogen) atoms. The third kappa shape index (κ3) is 3.41. The smallest absolute Gasteiger partial charge is 0.142 e. The number of methoxy groups -OCH3 is 2. The third-order valence-electron chi connectivity index (χ3n) is 2.92. The maximum Gasteiger partial charge on any atom is 0.142 e. The molecule has 0 bridgehead atoms. The van der Waals surface area contributed by atoms with Gasteiger partial charge < -0.3 is 20.5 Å². The van der Waals surface area contributed by atoms with Gasteiger partial charge in [-0.2, -0.15) is 0 Å². The summed E-state index contributed by atoms with van der Waals surface area (Å²) in [5.41, 5.74) is 6.87. The van der Waals surface area contributed by atoms with Crippen LogP contribution in [0.25, 0.3) is 0 Å². The summed E-state index contributed by atoms with van der Waals surface area (Å²) in [6.45, 7) is 0. The monoisotopic (exact) mass is 306 g/mol. The van der Waals surface area contributed by atoms with Gasteiger partial charge in [0.1, 0.15) is 22.3 Å². The van der Waals surface area contributed by atoms with Crippen LogP contribution in [0.2, 0.25) is 0 Å². The number of thiocarbonyl (C=S) groups is 1. The van der Waals surface area contributed by atoms with Crippen molar-refractivity contribution in [1.29, 1.82) is 0 Å². The van der Waals surface area contributed by atoms with Crippen molar-refractivity contribution in [2.75, 3.05) is 19.5 Å². The van der Waals surface area contributed by atoms with Crippen molar-refractivity contribution < 1.29 is 13.9 Å². The number of rotatable bonds is 5. The SMILES string of the molecule is COc1ccc(OC)c(Nc2ccc(C(N)=S)c(F)c2)c1. The van der Waals surface area contributed by atoms with Crippen LogP contribution in [-0.4, -0.2) is 19.2 Å². The van der Waals surface area contributed by atoms with E-state index in [4.69, 9.17) is 27.4 Å². The van der Waals surface area contributed by atoms with Gasteiger partial charge in [0.05, 0.1) is 19.9 Å². The fourth-order valence-corrected chi connectivity index (χ4v) is 2.03. The Labute approximate surface area is 127 Å². The molecule has 0 aliphatic carbocycles. The van der Waals surface area contributed by atoms with Crippen molar-refractivity contribution in [1.82, 2.24) is 0 Å². The number of hydrogen-bond acceptors (Lipinski definition) is 4. The predicted molar refractivity (Wildman–Crippen MR) is 85.1 cm³/mol. The van der Waals surface area contributed by atoms with Gasteiger partial charge in [0.15, 0.2) is 0 Å². The molecule has 0 heterocycles. The zero-order chi connectivity index (χ0) is 15.4. The molecule has 0 radical (unpaired) electrons. The molecule has 0 amide bonds. The fourth-order valence-electron chi connectivity index (χ4n) is 1.86. The molecule has 0 unspecified atom stereocenters. The van der Waals surface area contributed by atoms with Gasteiger partial charge in [-0.15, -0.1) is 0 Å². The first-order chi connectivity index (χ1) is 10.0. The highest BCUT2D eigenvalue weighted by atomic mass is 32.1. The van der Waals surface area contributed by atoms with Crippen molar-refractivity contribution in [2.45, 2.75) is 0 Å². The van der Waals surface area contributed by atoms with Crippen LogP contribution >= 0.6 is 12.2 Å². The first-order valence-electron chi connectivity index (χ1n) is 6.13. The molecule has 0 saturated carbocycles. The van der Waals surface area contributed by atoms with Crippen LogP contribution in [0.1, 0.15) is 5.56 Å². The maximum absolute atomic E-state index is 13.9. The van der Waals surface area contributed by atoms with E-state index in [0.717, 1.165) is 0 Å². The Morgan fingerprint density at radius 1 is 1.14 bits per heavy atom. The second-order valence-electron chi connectivity index (χ2n) is 4.25. The van der Waals surface area contributed by atoms with Crippen molar-refractivity contribution in [3.05, 3.63) is 47.8 Å². The normalized spacial score (nSPS) is 10.0. The van der Waals surface area contributed by atoms with Crippen molar-refractivity contribution in [3.63, 3.8) is 0 Å². The molecule has 2 aromatic carbocycles. The maximum atomic E-state index is 13.9. The molecular formula is C15H15FN2O2S. The van der Waals surface area contributed by atoms with Gasteiger partial charge in [-0.1, -0.05) is 12.2 Å². The third-order valence-corrected chi connectivity index (χ3v) is 3.14. The number of halogens is 1. The number of anilines is 2. The summed E-state index contributed by atoms with van der Waals surface area (Å²) in [6, 6.07) is 9.86. The minimum atomic E-state index is -0.477. The minimum absolute atomic E-state index is 0.0259. The Morgan fingerprint density at radius 3 is 2.48 bits per heavy atom. The molecule has 3 N–H and O–H groups in total. The first-order valence-corrected chi connectivity index (χ1v) is 6.54. The first kappa shape index (κ1) is 15.1. The van der Waals surface area contributed by atoms with Crippen LogP contribution in [0, 0.1) is 5.82 Å². The summed E-state index contributed by atoms with van der Waals surface area (Å²) in [7, 11) is 3.13. The van der Waals surface area contributed by atoms with E-state index in [1.165, 1.54) is 12.1 Å². The van der Waals surface area contributed by atoms with E-state index in [2.05, 4.69) is 5.32 Å². The van der Waals surface area contributed by atoms with Crippen LogP contribution in [0.3, 0.4) is 0 Å². The van der Waals surface area contributed by atoms with Gasteiger partial charge in [-0.3, -0.25) is 0 Å². The van der Waals surface area contributed by atoms with Gasteiger partial charge >= 0.3 is 0 Å². The van der Waals surface area contributed by atoms with E-state index in [-0.39, 0.29) is 10.6 Å². The molecule has 4 nitrogen and oxygen atoms in total. The van der Waals surface area contributed by atoms with Gasteiger partial charge in [0, 0.05) is 17.3 Å². The predicted octanol–water partition coefficient (Wildman–Crippen LogP) is 3.22. The van der Waals surface area contributed by atoms with E-state index >= 15 is 0 Å². The van der Waals surface area contributed by atoms with E-state index in [1.807, 2.05) is 0 Å². The molecule has 0 aliphatic rings. The van der Waals surface area contributed by atoms with Crippen molar-refractivity contribution in [2.24, 2.45) is 5.73 Å². The minimum Gasteiger partial charge on any atom is -0.497 e. The molecule has 2 aromatic rings. The van der Waals surface area contributed by atoms with Crippen LogP contribution in [0.15, 0.2) is 36.4 Å².